The van der Waals surface area contributed by atoms with Gasteiger partial charge in [-0.25, -0.2) is 0 Å². The third-order valence-corrected chi connectivity index (χ3v) is 2.88. The standard InChI is InChI=1S/C10H16N4O/c11-8-6-12-14-10(8)13-9(15)5-7-3-1-2-4-7/h6-7H,1-5,11H2,(H2,12,13,14,15). The Kier molecular flexibility index (Phi) is 2.89. The molecule has 0 aliphatic heterocycles. The van der Waals surface area contributed by atoms with Crippen molar-refractivity contribution in [2.75, 3.05) is 11.1 Å². The number of hydrogen-bond acceptors (Lipinski definition) is 3. The molecule has 5 nitrogen and oxygen atoms in total. The third kappa shape index (κ3) is 2.49. The fraction of sp³-hybridized carbons (Fsp3) is 0.600. The zero-order chi connectivity index (χ0) is 10.7. The third-order valence-electron chi connectivity index (χ3n) is 2.88. The van der Waals surface area contributed by atoms with Crippen LogP contribution in [-0.2, 0) is 4.79 Å². The Morgan fingerprint density at radius 2 is 2.33 bits per heavy atom. The van der Waals surface area contributed by atoms with Crippen molar-refractivity contribution >= 4 is 17.4 Å². The van der Waals surface area contributed by atoms with Crippen molar-refractivity contribution in [3.8, 4) is 0 Å². The van der Waals surface area contributed by atoms with Gasteiger partial charge in [-0.3, -0.25) is 9.89 Å². The average molecular weight is 208 g/mol. The molecule has 1 saturated carbocycles. The number of amides is 1. The lowest BCUT2D eigenvalue weighted by molar-refractivity contribution is -0.117. The molecule has 0 saturated heterocycles. The van der Waals surface area contributed by atoms with Crippen molar-refractivity contribution in [2.45, 2.75) is 32.1 Å². The van der Waals surface area contributed by atoms with E-state index in [4.69, 9.17) is 5.73 Å². The minimum atomic E-state index is 0.0258. The van der Waals surface area contributed by atoms with E-state index < -0.39 is 0 Å². The lowest BCUT2D eigenvalue weighted by Gasteiger charge is -2.08. The Balaban J connectivity index is 1.84. The van der Waals surface area contributed by atoms with E-state index in [1.807, 2.05) is 0 Å². The fourth-order valence-electron chi connectivity index (χ4n) is 2.06. The molecule has 1 aromatic heterocycles. The number of rotatable bonds is 3. The zero-order valence-corrected chi connectivity index (χ0v) is 8.62. The summed E-state index contributed by atoms with van der Waals surface area (Å²) in [7, 11) is 0. The Morgan fingerprint density at radius 3 is 2.93 bits per heavy atom. The SMILES string of the molecule is Nc1cn[nH]c1NC(=O)CC1CCCC1. The molecule has 1 amide bonds. The predicted molar refractivity (Wildman–Crippen MR) is 58.2 cm³/mol. The fourth-order valence-corrected chi connectivity index (χ4v) is 2.06. The van der Waals surface area contributed by atoms with Crippen LogP contribution in [0.3, 0.4) is 0 Å². The van der Waals surface area contributed by atoms with Gasteiger partial charge in [-0.2, -0.15) is 5.10 Å². The molecule has 0 spiro atoms. The van der Waals surface area contributed by atoms with Crippen molar-refractivity contribution in [2.24, 2.45) is 5.92 Å². The molecule has 0 unspecified atom stereocenters. The van der Waals surface area contributed by atoms with Gasteiger partial charge in [-0.05, 0) is 18.8 Å². The number of nitrogen functional groups attached to an aromatic ring is 1. The molecule has 1 aliphatic rings. The molecular weight excluding hydrogens is 192 g/mol. The van der Waals surface area contributed by atoms with Crippen molar-refractivity contribution in [1.29, 1.82) is 0 Å². The largest absolute Gasteiger partial charge is 0.394 e. The van der Waals surface area contributed by atoms with Gasteiger partial charge in [0.15, 0.2) is 5.82 Å². The number of H-pyrrole nitrogens is 1. The van der Waals surface area contributed by atoms with E-state index in [0.717, 1.165) is 0 Å². The molecule has 1 fully saturated rings. The van der Waals surface area contributed by atoms with Crippen LogP contribution in [0.4, 0.5) is 11.5 Å². The van der Waals surface area contributed by atoms with Gasteiger partial charge in [0.1, 0.15) is 0 Å². The van der Waals surface area contributed by atoms with Crippen LogP contribution in [0.1, 0.15) is 32.1 Å². The maximum Gasteiger partial charge on any atom is 0.225 e. The summed E-state index contributed by atoms with van der Waals surface area (Å²) in [5.74, 6) is 1.09. The van der Waals surface area contributed by atoms with Crippen molar-refractivity contribution < 1.29 is 4.79 Å². The Morgan fingerprint density at radius 1 is 1.60 bits per heavy atom. The highest BCUT2D eigenvalue weighted by Crippen LogP contribution is 2.27. The smallest absolute Gasteiger partial charge is 0.225 e. The first kappa shape index (κ1) is 10.0. The number of aromatic nitrogens is 2. The summed E-state index contributed by atoms with van der Waals surface area (Å²) in [6.45, 7) is 0. The van der Waals surface area contributed by atoms with Crippen LogP contribution in [0.25, 0.3) is 0 Å². The quantitative estimate of drug-likeness (QED) is 0.704. The number of hydrogen-bond donors (Lipinski definition) is 3. The maximum atomic E-state index is 11.6. The van der Waals surface area contributed by atoms with E-state index >= 15 is 0 Å². The number of nitrogens with two attached hydrogens (primary N) is 1. The number of carbonyl (C=O) groups excluding carboxylic acids is 1. The molecule has 0 atom stereocenters. The Labute approximate surface area is 88.4 Å². The molecule has 0 bridgehead atoms. The normalized spacial score (nSPS) is 16.8. The summed E-state index contributed by atoms with van der Waals surface area (Å²) in [6, 6.07) is 0. The van der Waals surface area contributed by atoms with Crippen molar-refractivity contribution in [3.63, 3.8) is 0 Å². The molecule has 5 heteroatoms. The van der Waals surface area contributed by atoms with Gasteiger partial charge in [-0.15, -0.1) is 0 Å². The number of anilines is 2. The summed E-state index contributed by atoms with van der Waals surface area (Å²) in [5.41, 5.74) is 6.07. The van der Waals surface area contributed by atoms with E-state index in [9.17, 15) is 4.79 Å². The van der Waals surface area contributed by atoms with E-state index in [2.05, 4.69) is 15.5 Å². The predicted octanol–water partition coefficient (Wildman–Crippen LogP) is 1.51. The van der Waals surface area contributed by atoms with Gasteiger partial charge in [-0.1, -0.05) is 12.8 Å². The minimum absolute atomic E-state index is 0.0258. The van der Waals surface area contributed by atoms with Crippen LogP contribution in [-0.4, -0.2) is 16.1 Å². The van der Waals surface area contributed by atoms with Crippen LogP contribution in [0.5, 0.6) is 0 Å². The number of carbonyl (C=O) groups is 1. The number of nitrogens with zero attached hydrogens (tertiary/aromatic N) is 1. The van der Waals surface area contributed by atoms with E-state index in [0.29, 0.717) is 23.8 Å². The van der Waals surface area contributed by atoms with E-state index in [-0.39, 0.29) is 5.91 Å². The van der Waals surface area contributed by atoms with Gasteiger partial charge >= 0.3 is 0 Å². The Bertz CT molecular complexity index is 341. The first-order chi connectivity index (χ1) is 7.25. The summed E-state index contributed by atoms with van der Waals surface area (Å²) in [5, 5.41) is 9.13. The second-order valence-corrected chi connectivity index (χ2v) is 4.10. The van der Waals surface area contributed by atoms with Gasteiger partial charge in [0, 0.05) is 6.42 Å². The highest BCUT2D eigenvalue weighted by atomic mass is 16.1. The van der Waals surface area contributed by atoms with Gasteiger partial charge in [0.25, 0.3) is 0 Å². The topological polar surface area (TPSA) is 83.8 Å². The summed E-state index contributed by atoms with van der Waals surface area (Å²) >= 11 is 0. The molecular formula is C10H16N4O. The first-order valence-corrected chi connectivity index (χ1v) is 5.34. The molecule has 4 N–H and O–H groups in total. The van der Waals surface area contributed by atoms with Crippen LogP contribution in [0.2, 0.25) is 0 Å². The van der Waals surface area contributed by atoms with Crippen molar-refractivity contribution in [3.05, 3.63) is 6.20 Å². The summed E-state index contributed by atoms with van der Waals surface area (Å²) in [4.78, 5) is 11.6. The van der Waals surface area contributed by atoms with E-state index in [1.165, 1.54) is 31.9 Å². The molecule has 1 heterocycles. The van der Waals surface area contributed by atoms with Gasteiger partial charge in [0.05, 0.1) is 11.9 Å². The molecule has 2 rings (SSSR count). The molecule has 0 radical (unpaired) electrons. The lowest BCUT2D eigenvalue weighted by atomic mass is 10.0. The summed E-state index contributed by atoms with van der Waals surface area (Å²) in [6.07, 6.45) is 6.94. The van der Waals surface area contributed by atoms with Crippen LogP contribution < -0.4 is 11.1 Å². The van der Waals surface area contributed by atoms with E-state index in [1.54, 1.807) is 0 Å². The highest BCUT2D eigenvalue weighted by Gasteiger charge is 2.18. The van der Waals surface area contributed by atoms with Crippen molar-refractivity contribution in [1.82, 2.24) is 10.2 Å². The molecule has 1 aliphatic carbocycles. The van der Waals surface area contributed by atoms with Gasteiger partial charge < -0.3 is 11.1 Å². The van der Waals surface area contributed by atoms with Crippen LogP contribution in [0, 0.1) is 5.92 Å². The van der Waals surface area contributed by atoms with Crippen LogP contribution >= 0.6 is 0 Å². The summed E-state index contributed by atoms with van der Waals surface area (Å²) < 4.78 is 0. The molecule has 15 heavy (non-hydrogen) atoms. The molecule has 82 valence electrons. The van der Waals surface area contributed by atoms with Crippen LogP contribution in [0.15, 0.2) is 6.20 Å². The highest BCUT2D eigenvalue weighted by molar-refractivity contribution is 5.92. The second kappa shape index (κ2) is 4.33. The van der Waals surface area contributed by atoms with Gasteiger partial charge in [0.2, 0.25) is 5.91 Å². The monoisotopic (exact) mass is 208 g/mol. The maximum absolute atomic E-state index is 11.6. The first-order valence-electron chi connectivity index (χ1n) is 5.34. The minimum Gasteiger partial charge on any atom is -0.394 e. The Hall–Kier alpha value is -1.52. The molecule has 0 aromatic carbocycles. The lowest BCUT2D eigenvalue weighted by Crippen LogP contribution is -2.16. The number of nitrogens with one attached hydrogen (secondary N) is 2. The average Bonchev–Trinajstić information content (AvgIpc) is 2.79. The second-order valence-electron chi connectivity index (χ2n) is 4.10. The number of aromatic amines is 1. The zero-order valence-electron chi connectivity index (χ0n) is 8.62. The molecule has 1 aromatic rings.